The highest BCUT2D eigenvalue weighted by atomic mass is 79.9. The van der Waals surface area contributed by atoms with Crippen molar-refractivity contribution in [3.8, 4) is 28.5 Å². The van der Waals surface area contributed by atoms with E-state index in [1.54, 1.807) is 31.2 Å². The number of hydrogen-bond acceptors (Lipinski definition) is 3. The molecule has 0 aliphatic rings. The first-order chi connectivity index (χ1) is 11.9. The molecule has 0 spiro atoms. The summed E-state index contributed by atoms with van der Waals surface area (Å²) in [5.74, 6) is -0.372. The van der Waals surface area contributed by atoms with Gasteiger partial charge in [0, 0.05) is 26.2 Å². The molecular weight excluding hydrogens is 405 g/mol. The maximum absolute atomic E-state index is 14.5. The number of nitriles is 1. The highest BCUT2D eigenvalue weighted by Gasteiger charge is 2.20. The lowest BCUT2D eigenvalue weighted by atomic mass is 9.92. The van der Waals surface area contributed by atoms with Gasteiger partial charge in [-0.25, -0.2) is 9.37 Å². The lowest BCUT2D eigenvalue weighted by Gasteiger charge is -2.16. The molecular formula is C19H12BrClFN3. The van der Waals surface area contributed by atoms with Gasteiger partial charge < -0.3 is 5.73 Å². The van der Waals surface area contributed by atoms with Crippen LogP contribution in [0.25, 0.3) is 22.4 Å². The van der Waals surface area contributed by atoms with Gasteiger partial charge in [-0.15, -0.1) is 0 Å². The van der Waals surface area contributed by atoms with Gasteiger partial charge in [-0.05, 0) is 42.8 Å². The van der Waals surface area contributed by atoms with Crippen molar-refractivity contribution in [2.75, 3.05) is 5.73 Å². The Bertz CT molecular complexity index is 1010. The normalized spacial score (nSPS) is 10.5. The Morgan fingerprint density at radius 2 is 1.88 bits per heavy atom. The van der Waals surface area contributed by atoms with Crippen LogP contribution in [-0.4, -0.2) is 4.98 Å². The first-order valence-corrected chi connectivity index (χ1v) is 8.51. The minimum Gasteiger partial charge on any atom is -0.383 e. The molecule has 0 radical (unpaired) electrons. The fourth-order valence-electron chi connectivity index (χ4n) is 2.72. The molecule has 6 heteroatoms. The number of nitrogens with two attached hydrogens (primary N) is 1. The quantitative estimate of drug-likeness (QED) is 0.580. The van der Waals surface area contributed by atoms with Crippen molar-refractivity contribution >= 4 is 33.3 Å². The van der Waals surface area contributed by atoms with Gasteiger partial charge in [0.1, 0.15) is 23.3 Å². The number of nitrogens with zero attached hydrogens (tertiary/aromatic N) is 2. The Morgan fingerprint density at radius 3 is 2.52 bits per heavy atom. The van der Waals surface area contributed by atoms with Gasteiger partial charge in [0.2, 0.25) is 0 Å². The summed E-state index contributed by atoms with van der Waals surface area (Å²) in [5.41, 5.74) is 8.95. The second kappa shape index (κ2) is 6.83. The average molecular weight is 417 g/mol. The summed E-state index contributed by atoms with van der Waals surface area (Å²) in [6, 6.07) is 13.7. The van der Waals surface area contributed by atoms with E-state index >= 15 is 0 Å². The van der Waals surface area contributed by atoms with E-state index in [2.05, 4.69) is 20.9 Å². The van der Waals surface area contributed by atoms with Crippen molar-refractivity contribution in [2.24, 2.45) is 0 Å². The Morgan fingerprint density at radius 1 is 1.20 bits per heavy atom. The zero-order chi connectivity index (χ0) is 18.1. The second-order valence-corrected chi connectivity index (χ2v) is 6.82. The zero-order valence-corrected chi connectivity index (χ0v) is 15.5. The van der Waals surface area contributed by atoms with Crippen LogP contribution in [0.4, 0.5) is 10.2 Å². The third kappa shape index (κ3) is 3.23. The molecule has 0 saturated carbocycles. The SMILES string of the molecule is Cc1c(-c2ccc(Cl)cc2)nc(N)c(C#N)c1-c1cc(Br)ccc1F. The highest BCUT2D eigenvalue weighted by Crippen LogP contribution is 2.38. The molecule has 0 amide bonds. The number of hydrogen-bond donors (Lipinski definition) is 1. The third-order valence-corrected chi connectivity index (χ3v) is 4.64. The molecule has 25 heavy (non-hydrogen) atoms. The minimum absolute atomic E-state index is 0.0624. The number of benzene rings is 2. The van der Waals surface area contributed by atoms with Gasteiger partial charge >= 0.3 is 0 Å². The first-order valence-electron chi connectivity index (χ1n) is 7.34. The van der Waals surface area contributed by atoms with E-state index in [-0.39, 0.29) is 11.4 Å². The van der Waals surface area contributed by atoms with Crippen molar-refractivity contribution in [1.82, 2.24) is 4.98 Å². The van der Waals surface area contributed by atoms with E-state index in [1.165, 1.54) is 6.07 Å². The Balaban J connectivity index is 2.36. The van der Waals surface area contributed by atoms with E-state index in [9.17, 15) is 9.65 Å². The topological polar surface area (TPSA) is 62.7 Å². The summed E-state index contributed by atoms with van der Waals surface area (Å²) in [5, 5.41) is 10.1. The van der Waals surface area contributed by atoms with Crippen LogP contribution in [0.5, 0.6) is 0 Å². The van der Waals surface area contributed by atoms with E-state index in [0.29, 0.717) is 31.9 Å². The fraction of sp³-hybridized carbons (Fsp3) is 0.0526. The predicted octanol–water partition coefficient (Wildman–Crippen LogP) is 5.73. The third-order valence-electron chi connectivity index (χ3n) is 3.90. The van der Waals surface area contributed by atoms with Crippen molar-refractivity contribution in [3.63, 3.8) is 0 Å². The number of halogens is 3. The summed E-state index contributed by atoms with van der Waals surface area (Å²) in [4.78, 5) is 4.36. The molecule has 2 N–H and O–H groups in total. The zero-order valence-electron chi connectivity index (χ0n) is 13.1. The molecule has 0 aliphatic heterocycles. The summed E-state index contributed by atoms with van der Waals surface area (Å²) in [6.45, 7) is 1.80. The maximum Gasteiger partial charge on any atom is 0.142 e. The summed E-state index contributed by atoms with van der Waals surface area (Å²) in [7, 11) is 0. The van der Waals surface area contributed by atoms with Crippen LogP contribution >= 0.6 is 27.5 Å². The minimum atomic E-state index is -0.435. The molecule has 124 valence electrons. The summed E-state index contributed by atoms with van der Waals surface area (Å²) in [6.07, 6.45) is 0. The molecule has 1 heterocycles. The number of rotatable bonds is 2. The summed E-state index contributed by atoms with van der Waals surface area (Å²) >= 11 is 9.28. The highest BCUT2D eigenvalue weighted by molar-refractivity contribution is 9.10. The van der Waals surface area contributed by atoms with Crippen LogP contribution in [0.1, 0.15) is 11.1 Å². The van der Waals surface area contributed by atoms with Gasteiger partial charge in [-0.3, -0.25) is 0 Å². The summed E-state index contributed by atoms with van der Waals surface area (Å²) < 4.78 is 15.2. The Kier molecular flexibility index (Phi) is 4.76. The van der Waals surface area contributed by atoms with E-state index in [0.717, 1.165) is 5.56 Å². The smallest absolute Gasteiger partial charge is 0.142 e. The largest absolute Gasteiger partial charge is 0.383 e. The van der Waals surface area contributed by atoms with E-state index < -0.39 is 5.82 Å². The van der Waals surface area contributed by atoms with E-state index in [1.807, 2.05) is 18.2 Å². The monoisotopic (exact) mass is 415 g/mol. The van der Waals surface area contributed by atoms with Gasteiger partial charge in [0.15, 0.2) is 0 Å². The Hall–Kier alpha value is -2.42. The van der Waals surface area contributed by atoms with Crippen LogP contribution in [0, 0.1) is 24.1 Å². The Labute approximate surface area is 158 Å². The van der Waals surface area contributed by atoms with Gasteiger partial charge in [0.25, 0.3) is 0 Å². The van der Waals surface area contributed by atoms with Crippen LogP contribution in [0.2, 0.25) is 5.02 Å². The van der Waals surface area contributed by atoms with Gasteiger partial charge in [0.05, 0.1) is 5.69 Å². The molecule has 0 bridgehead atoms. The number of anilines is 1. The fourth-order valence-corrected chi connectivity index (χ4v) is 3.21. The number of pyridine rings is 1. The first kappa shape index (κ1) is 17.4. The van der Waals surface area contributed by atoms with Crippen LogP contribution < -0.4 is 5.73 Å². The number of aromatic nitrogens is 1. The molecule has 0 fully saturated rings. The molecule has 1 aromatic heterocycles. The molecule has 0 unspecified atom stereocenters. The molecule has 3 nitrogen and oxygen atoms in total. The second-order valence-electron chi connectivity index (χ2n) is 5.46. The molecule has 0 atom stereocenters. The van der Waals surface area contributed by atoms with Crippen LogP contribution in [0.3, 0.4) is 0 Å². The number of nitrogen functional groups attached to an aromatic ring is 1. The maximum atomic E-state index is 14.5. The molecule has 3 aromatic rings. The molecule has 0 aliphatic carbocycles. The van der Waals surface area contributed by atoms with E-state index in [4.69, 9.17) is 17.3 Å². The van der Waals surface area contributed by atoms with Crippen LogP contribution in [0.15, 0.2) is 46.9 Å². The van der Waals surface area contributed by atoms with Crippen LogP contribution in [-0.2, 0) is 0 Å². The van der Waals surface area contributed by atoms with Crippen molar-refractivity contribution in [2.45, 2.75) is 6.92 Å². The molecule has 3 rings (SSSR count). The average Bonchev–Trinajstić information content (AvgIpc) is 2.59. The van der Waals surface area contributed by atoms with Gasteiger partial charge in [-0.1, -0.05) is 39.7 Å². The van der Waals surface area contributed by atoms with Gasteiger partial charge in [-0.2, -0.15) is 5.26 Å². The lowest BCUT2D eigenvalue weighted by molar-refractivity contribution is 0.631. The van der Waals surface area contributed by atoms with Crippen molar-refractivity contribution in [1.29, 1.82) is 5.26 Å². The molecule has 2 aromatic carbocycles. The lowest BCUT2D eigenvalue weighted by Crippen LogP contribution is -2.04. The standard InChI is InChI=1S/C19H12BrClFN3/c1-10-17(14-8-12(20)4-7-16(14)22)15(9-23)19(24)25-18(10)11-2-5-13(21)6-3-11/h2-8H,1H3,(H2,24,25). The van der Waals surface area contributed by atoms with Crippen molar-refractivity contribution in [3.05, 3.63) is 68.9 Å². The predicted molar refractivity (Wildman–Crippen MR) is 102 cm³/mol. The molecule has 0 saturated heterocycles. The van der Waals surface area contributed by atoms with Crippen molar-refractivity contribution < 1.29 is 4.39 Å².